The number of fused-ring (bicyclic) bond motifs is 1. The summed E-state index contributed by atoms with van der Waals surface area (Å²) in [5, 5.41) is 4.64. The van der Waals surface area contributed by atoms with Gasteiger partial charge in [-0.1, -0.05) is 45.0 Å². The number of halogens is 1. The van der Waals surface area contributed by atoms with Gasteiger partial charge in [0.2, 0.25) is 5.95 Å². The van der Waals surface area contributed by atoms with Crippen LogP contribution in [0.5, 0.6) is 0 Å². The van der Waals surface area contributed by atoms with Gasteiger partial charge in [-0.3, -0.25) is 0 Å². The van der Waals surface area contributed by atoms with Gasteiger partial charge in [0, 0.05) is 30.0 Å². The third-order valence-corrected chi connectivity index (χ3v) is 4.23. The SMILES string of the molecule is COCCNc1nc(-c2ccc(F)c3ccccc23)cc(C(C)(C)C)n1. The third-order valence-electron chi connectivity index (χ3n) is 4.23. The van der Waals surface area contributed by atoms with Gasteiger partial charge >= 0.3 is 0 Å². The fourth-order valence-corrected chi connectivity index (χ4v) is 2.80. The molecule has 1 N–H and O–H groups in total. The van der Waals surface area contributed by atoms with Crippen molar-refractivity contribution in [2.24, 2.45) is 0 Å². The number of methoxy groups -OCH3 is 1. The number of nitrogens with one attached hydrogen (secondary N) is 1. The van der Waals surface area contributed by atoms with Crippen molar-refractivity contribution in [2.45, 2.75) is 26.2 Å². The molecule has 1 heterocycles. The van der Waals surface area contributed by atoms with Crippen molar-refractivity contribution in [1.29, 1.82) is 0 Å². The van der Waals surface area contributed by atoms with Crippen LogP contribution in [-0.2, 0) is 10.2 Å². The van der Waals surface area contributed by atoms with E-state index in [0.717, 1.165) is 22.3 Å². The van der Waals surface area contributed by atoms with Crippen molar-refractivity contribution in [2.75, 3.05) is 25.6 Å². The van der Waals surface area contributed by atoms with Crippen LogP contribution in [0.4, 0.5) is 10.3 Å². The highest BCUT2D eigenvalue weighted by molar-refractivity contribution is 5.96. The van der Waals surface area contributed by atoms with Crippen LogP contribution in [0.1, 0.15) is 26.5 Å². The lowest BCUT2D eigenvalue weighted by atomic mass is 9.90. The van der Waals surface area contributed by atoms with Crippen LogP contribution in [0.15, 0.2) is 42.5 Å². The molecule has 0 fully saturated rings. The molecule has 0 radical (unpaired) electrons. The summed E-state index contributed by atoms with van der Waals surface area (Å²) in [6.07, 6.45) is 0. The summed E-state index contributed by atoms with van der Waals surface area (Å²) in [4.78, 5) is 9.32. The zero-order chi connectivity index (χ0) is 18.7. The van der Waals surface area contributed by atoms with E-state index < -0.39 is 0 Å². The fraction of sp³-hybridized carbons (Fsp3) is 0.333. The summed E-state index contributed by atoms with van der Waals surface area (Å²) < 4.78 is 19.3. The first-order chi connectivity index (χ1) is 12.4. The maximum Gasteiger partial charge on any atom is 0.223 e. The quantitative estimate of drug-likeness (QED) is 0.670. The summed E-state index contributed by atoms with van der Waals surface area (Å²) in [5.74, 6) is 0.325. The first-order valence-corrected chi connectivity index (χ1v) is 8.70. The Hall–Kier alpha value is -2.53. The molecule has 0 aliphatic heterocycles. The van der Waals surface area contributed by atoms with Gasteiger partial charge in [0.1, 0.15) is 5.82 Å². The Morgan fingerprint density at radius 3 is 2.46 bits per heavy atom. The maximum atomic E-state index is 14.2. The van der Waals surface area contributed by atoms with Crippen molar-refractivity contribution >= 4 is 16.7 Å². The summed E-state index contributed by atoms with van der Waals surface area (Å²) >= 11 is 0. The minimum Gasteiger partial charge on any atom is -0.383 e. The first kappa shape index (κ1) is 18.3. The molecule has 26 heavy (non-hydrogen) atoms. The zero-order valence-electron chi connectivity index (χ0n) is 15.6. The normalized spacial score (nSPS) is 11.7. The second-order valence-corrected chi connectivity index (χ2v) is 7.27. The highest BCUT2D eigenvalue weighted by Crippen LogP contribution is 2.32. The lowest BCUT2D eigenvalue weighted by molar-refractivity contribution is 0.210. The summed E-state index contributed by atoms with van der Waals surface area (Å²) in [7, 11) is 1.66. The van der Waals surface area contributed by atoms with Crippen LogP contribution in [0.25, 0.3) is 22.0 Å². The number of benzene rings is 2. The Kier molecular flexibility index (Phi) is 5.18. The Morgan fingerprint density at radius 2 is 1.77 bits per heavy atom. The Morgan fingerprint density at radius 1 is 1.04 bits per heavy atom. The predicted octanol–water partition coefficient (Wildman–Crippen LogP) is 4.79. The van der Waals surface area contributed by atoms with Crippen molar-refractivity contribution in [3.05, 3.63) is 54.0 Å². The molecule has 0 atom stereocenters. The molecule has 1 aromatic heterocycles. The largest absolute Gasteiger partial charge is 0.383 e. The minimum atomic E-state index is -0.229. The molecule has 0 saturated heterocycles. The van der Waals surface area contributed by atoms with E-state index in [1.807, 2.05) is 24.3 Å². The van der Waals surface area contributed by atoms with E-state index in [9.17, 15) is 4.39 Å². The standard InChI is InChI=1S/C21H24FN3O/c1-21(2,3)19-13-18(24-20(25-19)23-11-12-26-4)16-9-10-17(22)15-8-6-5-7-14(15)16/h5-10,13H,11-12H2,1-4H3,(H,23,24,25). The molecule has 0 bridgehead atoms. The summed E-state index contributed by atoms with van der Waals surface area (Å²) in [6.45, 7) is 7.52. The minimum absolute atomic E-state index is 0.134. The number of nitrogens with zero attached hydrogens (tertiary/aromatic N) is 2. The van der Waals surface area contributed by atoms with E-state index in [2.05, 4.69) is 36.1 Å². The van der Waals surface area contributed by atoms with E-state index in [1.165, 1.54) is 6.07 Å². The molecule has 4 nitrogen and oxygen atoms in total. The smallest absolute Gasteiger partial charge is 0.223 e. The summed E-state index contributed by atoms with van der Waals surface area (Å²) in [5.41, 5.74) is 2.46. The average molecular weight is 353 g/mol. The molecule has 5 heteroatoms. The van der Waals surface area contributed by atoms with Gasteiger partial charge in [0.05, 0.1) is 18.0 Å². The lowest BCUT2D eigenvalue weighted by Crippen LogP contribution is -2.17. The van der Waals surface area contributed by atoms with Gasteiger partial charge in [0.25, 0.3) is 0 Å². The van der Waals surface area contributed by atoms with E-state index in [1.54, 1.807) is 19.2 Å². The second kappa shape index (κ2) is 7.38. The van der Waals surface area contributed by atoms with E-state index in [4.69, 9.17) is 4.74 Å². The highest BCUT2D eigenvalue weighted by atomic mass is 19.1. The predicted molar refractivity (Wildman–Crippen MR) is 104 cm³/mol. The Labute approximate surface area is 153 Å². The third kappa shape index (κ3) is 3.83. The van der Waals surface area contributed by atoms with E-state index in [0.29, 0.717) is 24.5 Å². The van der Waals surface area contributed by atoms with Crippen LogP contribution in [-0.4, -0.2) is 30.2 Å². The fourth-order valence-electron chi connectivity index (χ4n) is 2.80. The van der Waals surface area contributed by atoms with Crippen LogP contribution in [0, 0.1) is 5.82 Å². The van der Waals surface area contributed by atoms with E-state index >= 15 is 0 Å². The molecule has 3 rings (SSSR count). The number of rotatable bonds is 5. The molecule has 2 aromatic carbocycles. The zero-order valence-corrected chi connectivity index (χ0v) is 15.6. The molecule has 0 amide bonds. The van der Waals surface area contributed by atoms with Gasteiger partial charge in [0.15, 0.2) is 0 Å². The van der Waals surface area contributed by atoms with Crippen molar-refractivity contribution < 1.29 is 9.13 Å². The molecule has 3 aromatic rings. The van der Waals surface area contributed by atoms with Crippen molar-refractivity contribution in [3.63, 3.8) is 0 Å². The molecule has 0 aliphatic carbocycles. The van der Waals surface area contributed by atoms with Gasteiger partial charge < -0.3 is 10.1 Å². The Balaban J connectivity index is 2.15. The topological polar surface area (TPSA) is 47.0 Å². The molecular formula is C21H24FN3O. The number of hydrogen-bond acceptors (Lipinski definition) is 4. The molecule has 0 unspecified atom stereocenters. The van der Waals surface area contributed by atoms with Crippen LogP contribution < -0.4 is 5.32 Å². The van der Waals surface area contributed by atoms with Gasteiger partial charge in [-0.05, 0) is 23.6 Å². The van der Waals surface area contributed by atoms with Crippen LogP contribution >= 0.6 is 0 Å². The first-order valence-electron chi connectivity index (χ1n) is 8.70. The van der Waals surface area contributed by atoms with Gasteiger partial charge in [-0.15, -0.1) is 0 Å². The monoisotopic (exact) mass is 353 g/mol. The second-order valence-electron chi connectivity index (χ2n) is 7.27. The molecule has 0 saturated carbocycles. The van der Waals surface area contributed by atoms with E-state index in [-0.39, 0.29) is 11.2 Å². The van der Waals surface area contributed by atoms with Crippen molar-refractivity contribution in [1.82, 2.24) is 9.97 Å². The van der Waals surface area contributed by atoms with Crippen molar-refractivity contribution in [3.8, 4) is 11.3 Å². The highest BCUT2D eigenvalue weighted by Gasteiger charge is 2.19. The maximum absolute atomic E-state index is 14.2. The summed E-state index contributed by atoms with van der Waals surface area (Å²) in [6, 6.07) is 12.7. The number of hydrogen-bond donors (Lipinski definition) is 1. The molecule has 136 valence electrons. The Bertz CT molecular complexity index is 919. The van der Waals surface area contributed by atoms with Gasteiger partial charge in [-0.25, -0.2) is 14.4 Å². The molecular weight excluding hydrogens is 329 g/mol. The average Bonchev–Trinajstić information content (AvgIpc) is 2.61. The number of aromatic nitrogens is 2. The van der Waals surface area contributed by atoms with Crippen LogP contribution in [0.3, 0.4) is 0 Å². The van der Waals surface area contributed by atoms with Gasteiger partial charge in [-0.2, -0.15) is 0 Å². The number of anilines is 1. The van der Waals surface area contributed by atoms with Crippen LogP contribution in [0.2, 0.25) is 0 Å². The molecule has 0 spiro atoms. The lowest BCUT2D eigenvalue weighted by Gasteiger charge is -2.20. The molecule has 0 aliphatic rings. The number of ether oxygens (including phenoxy) is 1.